The highest BCUT2D eigenvalue weighted by molar-refractivity contribution is 6.07. The molecule has 0 saturated heterocycles. The Morgan fingerprint density at radius 3 is 2.55 bits per heavy atom. The first kappa shape index (κ1) is 20.1. The van der Waals surface area contributed by atoms with Crippen molar-refractivity contribution >= 4 is 17.6 Å². The number of carbonyl (C=O) groups excluding carboxylic acids is 2. The van der Waals surface area contributed by atoms with Crippen LogP contribution in [-0.4, -0.2) is 25.1 Å². The summed E-state index contributed by atoms with van der Waals surface area (Å²) in [4.78, 5) is 24.7. The Labute approximate surface area is 167 Å². The number of ether oxygens (including phenoxy) is 2. The van der Waals surface area contributed by atoms with Crippen molar-refractivity contribution in [2.45, 2.75) is 13.3 Å². The fraction of sp³-hybridized carbons (Fsp3) is 0.182. The van der Waals surface area contributed by atoms with Crippen LogP contribution < -0.4 is 10.1 Å². The summed E-state index contributed by atoms with van der Waals surface area (Å²) in [7, 11) is 0. The number of esters is 1. The molecular formula is C22H20FNO5. The molecule has 0 saturated carbocycles. The third-order valence-electron chi connectivity index (χ3n) is 4.08. The van der Waals surface area contributed by atoms with Crippen molar-refractivity contribution in [3.8, 4) is 5.75 Å². The van der Waals surface area contributed by atoms with E-state index in [1.165, 1.54) is 36.6 Å². The predicted octanol–water partition coefficient (Wildman–Crippen LogP) is 4.61. The van der Waals surface area contributed by atoms with Crippen LogP contribution in [-0.2, 0) is 4.74 Å². The van der Waals surface area contributed by atoms with Crippen molar-refractivity contribution in [1.29, 1.82) is 0 Å². The molecule has 0 bridgehead atoms. The zero-order valence-electron chi connectivity index (χ0n) is 15.8. The summed E-state index contributed by atoms with van der Waals surface area (Å²) in [6.45, 7) is 2.24. The molecule has 1 amide bonds. The Kier molecular flexibility index (Phi) is 6.63. The van der Waals surface area contributed by atoms with Gasteiger partial charge in [-0.25, -0.2) is 9.18 Å². The lowest BCUT2D eigenvalue weighted by Gasteiger charge is -2.13. The molecule has 0 atom stereocenters. The van der Waals surface area contributed by atoms with E-state index in [1.807, 2.05) is 0 Å². The lowest BCUT2D eigenvalue weighted by atomic mass is 10.1. The highest BCUT2D eigenvalue weighted by Crippen LogP contribution is 2.22. The highest BCUT2D eigenvalue weighted by atomic mass is 19.1. The molecule has 1 heterocycles. The van der Waals surface area contributed by atoms with Crippen LogP contribution in [0.2, 0.25) is 0 Å². The fourth-order valence-electron chi connectivity index (χ4n) is 2.61. The van der Waals surface area contributed by atoms with Crippen LogP contribution >= 0.6 is 0 Å². The summed E-state index contributed by atoms with van der Waals surface area (Å²) < 4.78 is 28.7. The lowest BCUT2D eigenvalue weighted by Crippen LogP contribution is -2.17. The third-order valence-corrected chi connectivity index (χ3v) is 4.08. The number of aryl methyl sites for hydroxylation is 1. The number of hydrogen-bond acceptors (Lipinski definition) is 5. The number of para-hydroxylation sites is 1. The second-order valence-corrected chi connectivity index (χ2v) is 6.22. The average molecular weight is 397 g/mol. The monoisotopic (exact) mass is 397 g/mol. The predicted molar refractivity (Wildman–Crippen MR) is 105 cm³/mol. The molecule has 0 aliphatic carbocycles. The number of benzene rings is 2. The second-order valence-electron chi connectivity index (χ2n) is 6.22. The van der Waals surface area contributed by atoms with Gasteiger partial charge in [-0.1, -0.05) is 12.1 Å². The molecule has 2 aromatic carbocycles. The molecule has 29 heavy (non-hydrogen) atoms. The molecule has 0 spiro atoms. The number of carbonyl (C=O) groups is 2. The molecule has 150 valence electrons. The number of furan rings is 1. The molecule has 6 nitrogen and oxygen atoms in total. The van der Waals surface area contributed by atoms with Gasteiger partial charge >= 0.3 is 5.97 Å². The molecule has 7 heteroatoms. The van der Waals surface area contributed by atoms with E-state index in [1.54, 1.807) is 31.2 Å². The van der Waals surface area contributed by atoms with Gasteiger partial charge < -0.3 is 19.2 Å². The van der Waals surface area contributed by atoms with Gasteiger partial charge in [0.2, 0.25) is 0 Å². The van der Waals surface area contributed by atoms with Crippen LogP contribution in [0.15, 0.2) is 65.3 Å². The summed E-state index contributed by atoms with van der Waals surface area (Å²) in [5, 5.41) is 2.70. The van der Waals surface area contributed by atoms with Crippen molar-refractivity contribution < 1.29 is 27.9 Å². The Morgan fingerprint density at radius 2 is 1.83 bits per heavy atom. The van der Waals surface area contributed by atoms with Crippen LogP contribution in [0.25, 0.3) is 0 Å². The number of anilines is 1. The number of hydrogen-bond donors (Lipinski definition) is 1. The maximum Gasteiger partial charge on any atom is 0.340 e. The summed E-state index contributed by atoms with van der Waals surface area (Å²) in [5.74, 6) is -0.652. The Balaban J connectivity index is 1.54. The van der Waals surface area contributed by atoms with E-state index >= 15 is 0 Å². The van der Waals surface area contributed by atoms with E-state index in [2.05, 4.69) is 5.32 Å². The van der Waals surface area contributed by atoms with Crippen LogP contribution in [0.3, 0.4) is 0 Å². The van der Waals surface area contributed by atoms with Crippen LogP contribution in [0.5, 0.6) is 5.75 Å². The molecule has 0 radical (unpaired) electrons. The van der Waals surface area contributed by atoms with Gasteiger partial charge in [-0.05, 0) is 55.0 Å². The molecule has 3 aromatic rings. The summed E-state index contributed by atoms with van der Waals surface area (Å²) in [5.41, 5.74) is 1.35. The Bertz CT molecular complexity index is 967. The molecule has 0 fully saturated rings. The van der Waals surface area contributed by atoms with Crippen LogP contribution in [0, 0.1) is 12.7 Å². The Morgan fingerprint density at radius 1 is 1.03 bits per heavy atom. The third kappa shape index (κ3) is 5.44. The summed E-state index contributed by atoms with van der Waals surface area (Å²) >= 11 is 0. The van der Waals surface area contributed by atoms with Crippen LogP contribution in [0.1, 0.15) is 32.9 Å². The van der Waals surface area contributed by atoms with E-state index in [4.69, 9.17) is 13.9 Å². The maximum absolute atomic E-state index is 12.9. The first-order chi connectivity index (χ1) is 14.0. The standard InChI is InChI=1S/C22H20FNO5/c1-15-5-2-6-18(20(15)24-21(25)19-7-3-12-28-19)22(26)29-14-4-13-27-17-10-8-16(23)9-11-17/h2-3,5-12H,4,13-14H2,1H3,(H,24,25). The Hall–Kier alpha value is -3.61. The topological polar surface area (TPSA) is 77.8 Å². The van der Waals surface area contributed by atoms with Gasteiger partial charge in [0.15, 0.2) is 5.76 Å². The summed E-state index contributed by atoms with van der Waals surface area (Å²) in [6, 6.07) is 13.9. The maximum atomic E-state index is 12.9. The molecule has 1 aromatic heterocycles. The SMILES string of the molecule is Cc1cccc(C(=O)OCCCOc2ccc(F)cc2)c1NC(=O)c1ccco1. The van der Waals surface area contributed by atoms with Crippen LogP contribution in [0.4, 0.5) is 10.1 Å². The number of halogens is 1. The van der Waals surface area contributed by atoms with Crippen molar-refractivity contribution in [1.82, 2.24) is 0 Å². The van der Waals surface area contributed by atoms with Crippen molar-refractivity contribution in [2.75, 3.05) is 18.5 Å². The molecule has 0 aliphatic heterocycles. The molecule has 1 N–H and O–H groups in total. The van der Waals surface area contributed by atoms with Gasteiger partial charge in [-0.3, -0.25) is 4.79 Å². The minimum atomic E-state index is -0.551. The zero-order chi connectivity index (χ0) is 20.6. The minimum absolute atomic E-state index is 0.138. The largest absolute Gasteiger partial charge is 0.493 e. The van der Waals surface area contributed by atoms with Crippen molar-refractivity contribution in [2.24, 2.45) is 0 Å². The lowest BCUT2D eigenvalue weighted by molar-refractivity contribution is 0.0487. The van der Waals surface area contributed by atoms with E-state index in [0.29, 0.717) is 24.5 Å². The quantitative estimate of drug-likeness (QED) is 0.444. The number of amides is 1. The van der Waals surface area contributed by atoms with E-state index in [0.717, 1.165) is 5.56 Å². The van der Waals surface area contributed by atoms with Gasteiger partial charge in [0.05, 0.1) is 30.7 Å². The van der Waals surface area contributed by atoms with Crippen molar-refractivity contribution in [3.63, 3.8) is 0 Å². The molecule has 0 unspecified atom stereocenters. The van der Waals surface area contributed by atoms with Gasteiger partial charge in [0, 0.05) is 6.42 Å². The first-order valence-electron chi connectivity index (χ1n) is 9.04. The van der Waals surface area contributed by atoms with Crippen molar-refractivity contribution in [3.05, 3.63) is 83.6 Å². The van der Waals surface area contributed by atoms with Gasteiger partial charge in [-0.2, -0.15) is 0 Å². The van der Waals surface area contributed by atoms with E-state index in [-0.39, 0.29) is 23.7 Å². The van der Waals surface area contributed by atoms with Gasteiger partial charge in [0.1, 0.15) is 11.6 Å². The smallest absolute Gasteiger partial charge is 0.340 e. The molecular weight excluding hydrogens is 377 g/mol. The normalized spacial score (nSPS) is 10.4. The van der Waals surface area contributed by atoms with Gasteiger partial charge in [0.25, 0.3) is 5.91 Å². The van der Waals surface area contributed by atoms with E-state index < -0.39 is 11.9 Å². The summed E-state index contributed by atoms with van der Waals surface area (Å²) in [6.07, 6.45) is 1.86. The molecule has 3 rings (SSSR count). The van der Waals surface area contributed by atoms with Gasteiger partial charge in [-0.15, -0.1) is 0 Å². The van der Waals surface area contributed by atoms with E-state index in [9.17, 15) is 14.0 Å². The number of nitrogens with one attached hydrogen (secondary N) is 1. The average Bonchev–Trinajstić information content (AvgIpc) is 3.25. The first-order valence-corrected chi connectivity index (χ1v) is 9.04. The number of rotatable bonds is 8. The zero-order valence-corrected chi connectivity index (χ0v) is 15.8. The second kappa shape index (κ2) is 9.54. The molecule has 0 aliphatic rings. The highest BCUT2D eigenvalue weighted by Gasteiger charge is 2.18. The minimum Gasteiger partial charge on any atom is -0.493 e. The fourth-order valence-corrected chi connectivity index (χ4v) is 2.61.